The van der Waals surface area contributed by atoms with Crippen LogP contribution in [-0.4, -0.2) is 34.4 Å². The summed E-state index contributed by atoms with van der Waals surface area (Å²) in [6.07, 6.45) is 5.39. The van der Waals surface area contributed by atoms with Crippen molar-refractivity contribution in [2.45, 2.75) is 57.1 Å². The number of hydrogen-bond acceptors (Lipinski definition) is 3. The zero-order chi connectivity index (χ0) is 11.3. The first kappa shape index (κ1) is 12.5. The first-order valence-corrected chi connectivity index (χ1v) is 5.76. The van der Waals surface area contributed by atoms with Gasteiger partial charge >= 0.3 is 5.97 Å². The van der Waals surface area contributed by atoms with Crippen LogP contribution in [0.5, 0.6) is 0 Å². The Balaban J connectivity index is 2.36. The van der Waals surface area contributed by atoms with Crippen LogP contribution < -0.4 is 5.32 Å². The lowest BCUT2D eigenvalue weighted by Gasteiger charge is -2.33. The number of aliphatic hydroxyl groups is 1. The Labute approximate surface area is 90.7 Å². The van der Waals surface area contributed by atoms with Crippen molar-refractivity contribution in [3.63, 3.8) is 0 Å². The molecule has 1 aliphatic rings. The Kier molecular flexibility index (Phi) is 4.54. The molecule has 0 amide bonds. The van der Waals surface area contributed by atoms with Gasteiger partial charge in [0.25, 0.3) is 0 Å². The van der Waals surface area contributed by atoms with Gasteiger partial charge in [-0.15, -0.1) is 0 Å². The van der Waals surface area contributed by atoms with Gasteiger partial charge in [0.05, 0.1) is 5.60 Å². The highest BCUT2D eigenvalue weighted by Crippen LogP contribution is 2.27. The third-order valence-corrected chi connectivity index (χ3v) is 3.17. The van der Waals surface area contributed by atoms with Gasteiger partial charge in [-0.2, -0.15) is 0 Å². The van der Waals surface area contributed by atoms with E-state index in [1.54, 1.807) is 0 Å². The molecule has 4 heteroatoms. The van der Waals surface area contributed by atoms with Crippen LogP contribution in [0.1, 0.15) is 45.4 Å². The van der Waals surface area contributed by atoms with Crippen LogP contribution in [-0.2, 0) is 4.79 Å². The van der Waals surface area contributed by atoms with E-state index in [4.69, 9.17) is 5.11 Å². The molecule has 1 unspecified atom stereocenters. The summed E-state index contributed by atoms with van der Waals surface area (Å²) >= 11 is 0. The number of carboxylic acids is 1. The molecule has 88 valence electrons. The second-order valence-corrected chi connectivity index (χ2v) is 4.46. The van der Waals surface area contributed by atoms with E-state index >= 15 is 0 Å². The van der Waals surface area contributed by atoms with Gasteiger partial charge in [-0.3, -0.25) is 4.79 Å². The fourth-order valence-electron chi connectivity index (χ4n) is 2.11. The van der Waals surface area contributed by atoms with E-state index in [9.17, 15) is 9.90 Å². The van der Waals surface area contributed by atoms with Crippen LogP contribution in [0.2, 0.25) is 0 Å². The summed E-state index contributed by atoms with van der Waals surface area (Å²) < 4.78 is 0. The molecule has 0 saturated heterocycles. The van der Waals surface area contributed by atoms with Gasteiger partial charge in [0.2, 0.25) is 0 Å². The quantitative estimate of drug-likeness (QED) is 0.643. The number of rotatable bonds is 5. The van der Waals surface area contributed by atoms with Crippen LogP contribution in [0.15, 0.2) is 0 Å². The van der Waals surface area contributed by atoms with E-state index < -0.39 is 17.6 Å². The summed E-state index contributed by atoms with van der Waals surface area (Å²) in [5, 5.41) is 21.9. The van der Waals surface area contributed by atoms with E-state index in [1.165, 1.54) is 6.42 Å². The average Bonchev–Trinajstić information content (AvgIpc) is 2.19. The normalized spacial score (nSPS) is 22.3. The second kappa shape index (κ2) is 5.47. The largest absolute Gasteiger partial charge is 0.480 e. The molecule has 0 aromatic heterocycles. The SMILES string of the molecule is CCC(NCC1(O)CCCCC1)C(=O)O. The lowest BCUT2D eigenvalue weighted by molar-refractivity contribution is -0.139. The molecule has 0 aromatic carbocycles. The minimum atomic E-state index is -0.836. The van der Waals surface area contributed by atoms with Crippen LogP contribution in [0.4, 0.5) is 0 Å². The standard InChI is InChI=1S/C11H21NO3/c1-2-9(10(13)14)12-8-11(15)6-4-3-5-7-11/h9,12,15H,2-8H2,1H3,(H,13,14). The van der Waals surface area contributed by atoms with Gasteiger partial charge in [-0.1, -0.05) is 26.2 Å². The van der Waals surface area contributed by atoms with E-state index in [-0.39, 0.29) is 0 Å². The Morgan fingerprint density at radius 1 is 1.40 bits per heavy atom. The van der Waals surface area contributed by atoms with Crippen molar-refractivity contribution < 1.29 is 15.0 Å². The van der Waals surface area contributed by atoms with Gasteiger partial charge in [-0.25, -0.2) is 0 Å². The third kappa shape index (κ3) is 3.80. The van der Waals surface area contributed by atoms with Gasteiger partial charge in [0.15, 0.2) is 0 Å². The second-order valence-electron chi connectivity index (χ2n) is 4.46. The maximum Gasteiger partial charge on any atom is 0.320 e. The molecule has 0 aromatic rings. The van der Waals surface area contributed by atoms with Crippen LogP contribution in [0.25, 0.3) is 0 Å². The van der Waals surface area contributed by atoms with Crippen LogP contribution >= 0.6 is 0 Å². The highest BCUT2D eigenvalue weighted by atomic mass is 16.4. The van der Waals surface area contributed by atoms with Crippen molar-refractivity contribution in [1.29, 1.82) is 0 Å². The Morgan fingerprint density at radius 3 is 2.47 bits per heavy atom. The van der Waals surface area contributed by atoms with Gasteiger partial charge in [0.1, 0.15) is 6.04 Å². The summed E-state index contributed by atoms with van der Waals surface area (Å²) in [7, 11) is 0. The summed E-state index contributed by atoms with van der Waals surface area (Å²) in [5.41, 5.74) is -0.679. The number of aliphatic carboxylic acids is 1. The molecule has 1 saturated carbocycles. The highest BCUT2D eigenvalue weighted by molar-refractivity contribution is 5.73. The minimum absolute atomic E-state index is 0.401. The lowest BCUT2D eigenvalue weighted by Crippen LogP contribution is -2.47. The minimum Gasteiger partial charge on any atom is -0.480 e. The van der Waals surface area contributed by atoms with E-state index in [2.05, 4.69) is 5.32 Å². The molecular weight excluding hydrogens is 194 g/mol. The molecule has 0 aliphatic heterocycles. The number of hydrogen-bond donors (Lipinski definition) is 3. The smallest absolute Gasteiger partial charge is 0.320 e. The monoisotopic (exact) mass is 215 g/mol. The van der Waals surface area contributed by atoms with E-state index in [0.29, 0.717) is 13.0 Å². The fraction of sp³-hybridized carbons (Fsp3) is 0.909. The maximum absolute atomic E-state index is 10.8. The number of carboxylic acid groups (broad SMARTS) is 1. The molecule has 1 rings (SSSR count). The van der Waals surface area contributed by atoms with Gasteiger partial charge in [-0.05, 0) is 19.3 Å². The van der Waals surface area contributed by atoms with Gasteiger partial charge < -0.3 is 15.5 Å². The number of nitrogens with one attached hydrogen (secondary N) is 1. The first-order chi connectivity index (χ1) is 7.07. The van der Waals surface area contributed by atoms with Crippen molar-refractivity contribution >= 4 is 5.97 Å². The maximum atomic E-state index is 10.8. The molecule has 1 fully saturated rings. The third-order valence-electron chi connectivity index (χ3n) is 3.17. The van der Waals surface area contributed by atoms with Crippen molar-refractivity contribution in [2.75, 3.05) is 6.54 Å². The van der Waals surface area contributed by atoms with E-state index in [1.807, 2.05) is 6.92 Å². The molecular formula is C11H21NO3. The zero-order valence-electron chi connectivity index (χ0n) is 9.33. The van der Waals surface area contributed by atoms with Crippen molar-refractivity contribution in [3.8, 4) is 0 Å². The van der Waals surface area contributed by atoms with Crippen LogP contribution in [0.3, 0.4) is 0 Å². The lowest BCUT2D eigenvalue weighted by atomic mass is 9.84. The summed E-state index contributed by atoms with van der Waals surface area (Å²) in [6, 6.07) is -0.532. The Morgan fingerprint density at radius 2 is 2.00 bits per heavy atom. The van der Waals surface area contributed by atoms with E-state index in [0.717, 1.165) is 25.7 Å². The fourth-order valence-corrected chi connectivity index (χ4v) is 2.11. The molecule has 0 bridgehead atoms. The van der Waals surface area contributed by atoms with Gasteiger partial charge in [0, 0.05) is 6.54 Å². The van der Waals surface area contributed by atoms with Crippen molar-refractivity contribution in [2.24, 2.45) is 0 Å². The molecule has 3 N–H and O–H groups in total. The van der Waals surface area contributed by atoms with Crippen molar-refractivity contribution in [1.82, 2.24) is 5.32 Å². The Hall–Kier alpha value is -0.610. The predicted octanol–water partition coefficient (Wildman–Crippen LogP) is 1.13. The highest BCUT2D eigenvalue weighted by Gasteiger charge is 2.30. The number of carbonyl (C=O) groups is 1. The molecule has 1 aliphatic carbocycles. The predicted molar refractivity (Wildman–Crippen MR) is 57.8 cm³/mol. The first-order valence-electron chi connectivity index (χ1n) is 5.76. The molecule has 1 atom stereocenters. The summed E-state index contributed by atoms with van der Waals surface area (Å²) in [6.45, 7) is 2.23. The molecule has 0 radical (unpaired) electrons. The van der Waals surface area contributed by atoms with Crippen molar-refractivity contribution in [3.05, 3.63) is 0 Å². The Bertz CT molecular complexity index is 212. The zero-order valence-corrected chi connectivity index (χ0v) is 9.33. The van der Waals surface area contributed by atoms with Crippen LogP contribution in [0, 0.1) is 0 Å². The molecule has 4 nitrogen and oxygen atoms in total. The molecule has 15 heavy (non-hydrogen) atoms. The molecule has 0 heterocycles. The average molecular weight is 215 g/mol. The summed E-state index contributed by atoms with van der Waals surface area (Å²) in [4.78, 5) is 10.8. The summed E-state index contributed by atoms with van der Waals surface area (Å²) in [5.74, 6) is -0.836. The topological polar surface area (TPSA) is 69.6 Å². The molecule has 0 spiro atoms.